The van der Waals surface area contributed by atoms with E-state index in [9.17, 15) is 9.18 Å². The number of hydrogen-bond donors (Lipinski definition) is 0. The molecule has 1 aliphatic heterocycles. The van der Waals surface area contributed by atoms with E-state index in [0.717, 1.165) is 17.7 Å². The lowest BCUT2D eigenvalue weighted by molar-refractivity contribution is -0.117. The highest BCUT2D eigenvalue weighted by atomic mass is 19.1. The quantitative estimate of drug-likeness (QED) is 0.641. The van der Waals surface area contributed by atoms with Gasteiger partial charge in [-0.2, -0.15) is 4.98 Å². The number of hydrogen-bond acceptors (Lipinski definition) is 5. The van der Waals surface area contributed by atoms with Gasteiger partial charge in [0.1, 0.15) is 11.6 Å². The van der Waals surface area contributed by atoms with E-state index in [1.165, 1.54) is 12.1 Å². The van der Waals surface area contributed by atoms with Crippen molar-refractivity contribution in [1.82, 2.24) is 10.1 Å². The van der Waals surface area contributed by atoms with E-state index in [1.54, 1.807) is 17.0 Å². The third kappa shape index (κ3) is 3.74. The topological polar surface area (TPSA) is 68.5 Å². The van der Waals surface area contributed by atoms with Crippen LogP contribution in [0.3, 0.4) is 0 Å². The first-order valence-corrected chi connectivity index (χ1v) is 9.27. The van der Waals surface area contributed by atoms with Gasteiger partial charge < -0.3 is 14.2 Å². The summed E-state index contributed by atoms with van der Waals surface area (Å²) >= 11 is 0. The Morgan fingerprint density at radius 1 is 1.18 bits per heavy atom. The second-order valence-electron chi connectivity index (χ2n) is 6.71. The molecule has 1 saturated heterocycles. The zero-order valence-electron chi connectivity index (χ0n) is 15.5. The zero-order valence-corrected chi connectivity index (χ0v) is 15.5. The maximum Gasteiger partial charge on any atom is 0.232 e. The number of carbonyl (C=O) groups excluding carboxylic acids is 1. The highest BCUT2D eigenvalue weighted by Gasteiger charge is 2.35. The third-order valence-electron chi connectivity index (χ3n) is 4.64. The number of anilines is 1. The van der Waals surface area contributed by atoms with Gasteiger partial charge in [0, 0.05) is 24.2 Å². The number of aromatic nitrogens is 2. The van der Waals surface area contributed by atoms with Gasteiger partial charge in [0.2, 0.25) is 17.6 Å². The summed E-state index contributed by atoms with van der Waals surface area (Å²) in [5.74, 6) is 1.13. The average Bonchev–Trinajstić information content (AvgIpc) is 3.34. The third-order valence-corrected chi connectivity index (χ3v) is 4.64. The van der Waals surface area contributed by atoms with Crippen molar-refractivity contribution in [2.45, 2.75) is 25.7 Å². The van der Waals surface area contributed by atoms with Crippen molar-refractivity contribution in [3.8, 4) is 17.1 Å². The summed E-state index contributed by atoms with van der Waals surface area (Å²) in [4.78, 5) is 18.5. The molecule has 1 fully saturated rings. The van der Waals surface area contributed by atoms with Gasteiger partial charge in [0.15, 0.2) is 0 Å². The van der Waals surface area contributed by atoms with E-state index >= 15 is 0 Å². The van der Waals surface area contributed by atoms with Gasteiger partial charge in [-0.25, -0.2) is 4.39 Å². The lowest BCUT2D eigenvalue weighted by atomic mass is 10.1. The van der Waals surface area contributed by atoms with Crippen LogP contribution < -0.4 is 9.64 Å². The van der Waals surface area contributed by atoms with Crippen molar-refractivity contribution in [2.75, 3.05) is 18.1 Å². The molecule has 0 aliphatic carbocycles. The molecule has 1 aliphatic rings. The first kappa shape index (κ1) is 18.2. The van der Waals surface area contributed by atoms with Crippen molar-refractivity contribution in [3.05, 3.63) is 60.2 Å². The second kappa shape index (κ2) is 7.80. The molecule has 144 valence electrons. The molecule has 28 heavy (non-hydrogen) atoms. The minimum absolute atomic E-state index is 0.0474. The molecule has 0 saturated carbocycles. The Morgan fingerprint density at radius 3 is 2.64 bits per heavy atom. The van der Waals surface area contributed by atoms with Crippen LogP contribution in [0.4, 0.5) is 10.1 Å². The standard InChI is InChI=1S/C21H20FN3O3/c1-2-11-27-18-9-3-14(4-10-18)20-23-21(28-24-20)15-12-19(26)25(13-15)17-7-5-16(22)6-8-17/h3-10,15H,2,11-13H2,1H3. The molecule has 0 N–H and O–H groups in total. The van der Waals surface area contributed by atoms with Crippen LogP contribution in [0.25, 0.3) is 11.4 Å². The van der Waals surface area contributed by atoms with Crippen molar-refractivity contribution >= 4 is 11.6 Å². The Labute approximate surface area is 161 Å². The zero-order chi connectivity index (χ0) is 19.5. The summed E-state index contributed by atoms with van der Waals surface area (Å²) < 4.78 is 24.1. The van der Waals surface area contributed by atoms with Gasteiger partial charge in [-0.3, -0.25) is 4.79 Å². The Bertz CT molecular complexity index is 954. The van der Waals surface area contributed by atoms with Gasteiger partial charge in [0.05, 0.1) is 12.5 Å². The molecule has 1 atom stereocenters. The van der Waals surface area contributed by atoms with Gasteiger partial charge in [-0.15, -0.1) is 0 Å². The molecule has 1 aromatic heterocycles. The number of ether oxygens (including phenoxy) is 1. The average molecular weight is 381 g/mol. The summed E-state index contributed by atoms with van der Waals surface area (Å²) in [6, 6.07) is 13.4. The first-order chi connectivity index (χ1) is 13.6. The van der Waals surface area contributed by atoms with E-state index in [1.807, 2.05) is 24.3 Å². The van der Waals surface area contributed by atoms with Gasteiger partial charge in [-0.1, -0.05) is 12.1 Å². The van der Waals surface area contributed by atoms with Crippen LogP contribution in [0.1, 0.15) is 31.6 Å². The normalized spacial score (nSPS) is 16.6. The van der Waals surface area contributed by atoms with Crippen molar-refractivity contribution in [1.29, 1.82) is 0 Å². The molecule has 0 radical (unpaired) electrons. The van der Waals surface area contributed by atoms with Crippen molar-refractivity contribution in [2.24, 2.45) is 0 Å². The van der Waals surface area contributed by atoms with Crippen LogP contribution in [-0.2, 0) is 4.79 Å². The van der Waals surface area contributed by atoms with E-state index < -0.39 is 0 Å². The van der Waals surface area contributed by atoms with Gasteiger partial charge in [-0.05, 0) is 55.0 Å². The number of carbonyl (C=O) groups is 1. The molecule has 4 rings (SSSR count). The molecule has 7 heteroatoms. The first-order valence-electron chi connectivity index (χ1n) is 9.27. The summed E-state index contributed by atoms with van der Waals surface area (Å²) in [7, 11) is 0. The highest BCUT2D eigenvalue weighted by molar-refractivity contribution is 5.96. The van der Waals surface area contributed by atoms with Crippen molar-refractivity contribution < 1.29 is 18.4 Å². The predicted molar refractivity (Wildman–Crippen MR) is 102 cm³/mol. The molecule has 3 aromatic rings. The van der Waals surface area contributed by atoms with Gasteiger partial charge >= 0.3 is 0 Å². The number of nitrogens with zero attached hydrogens (tertiary/aromatic N) is 3. The predicted octanol–water partition coefficient (Wildman–Crippen LogP) is 4.19. The lowest BCUT2D eigenvalue weighted by Crippen LogP contribution is -2.24. The molecule has 2 heterocycles. The molecule has 0 bridgehead atoms. The maximum absolute atomic E-state index is 13.1. The van der Waals surface area contributed by atoms with Crippen LogP contribution in [0, 0.1) is 5.82 Å². The van der Waals surface area contributed by atoms with E-state index in [2.05, 4.69) is 17.1 Å². The Hall–Kier alpha value is -3.22. The molecule has 1 unspecified atom stereocenters. The Balaban J connectivity index is 1.47. The lowest BCUT2D eigenvalue weighted by Gasteiger charge is -2.15. The SMILES string of the molecule is CCCOc1ccc(-c2noc(C3CC(=O)N(c4ccc(F)cc4)C3)n2)cc1. The van der Waals surface area contributed by atoms with E-state index in [4.69, 9.17) is 9.26 Å². The van der Waals surface area contributed by atoms with Gasteiger partial charge in [0.25, 0.3) is 0 Å². The van der Waals surface area contributed by atoms with E-state index in [-0.39, 0.29) is 24.1 Å². The number of amides is 1. The number of rotatable bonds is 6. The van der Waals surface area contributed by atoms with Crippen LogP contribution in [0.2, 0.25) is 0 Å². The maximum atomic E-state index is 13.1. The molecule has 0 spiro atoms. The van der Waals surface area contributed by atoms with Crippen LogP contribution in [0.15, 0.2) is 53.1 Å². The molecule has 6 nitrogen and oxygen atoms in total. The van der Waals surface area contributed by atoms with Crippen molar-refractivity contribution in [3.63, 3.8) is 0 Å². The Kier molecular flexibility index (Phi) is 5.06. The minimum atomic E-state index is -0.334. The molecule has 1 amide bonds. The summed E-state index contributed by atoms with van der Waals surface area (Å²) in [5, 5.41) is 4.05. The Morgan fingerprint density at radius 2 is 1.93 bits per heavy atom. The van der Waals surface area contributed by atoms with Crippen LogP contribution in [0.5, 0.6) is 5.75 Å². The largest absolute Gasteiger partial charge is 0.494 e. The highest BCUT2D eigenvalue weighted by Crippen LogP contribution is 2.32. The molecular weight excluding hydrogens is 361 g/mol. The fraction of sp³-hybridized carbons (Fsp3) is 0.286. The fourth-order valence-electron chi connectivity index (χ4n) is 3.18. The smallest absolute Gasteiger partial charge is 0.232 e. The minimum Gasteiger partial charge on any atom is -0.494 e. The second-order valence-corrected chi connectivity index (χ2v) is 6.71. The van der Waals surface area contributed by atoms with Crippen LogP contribution in [-0.4, -0.2) is 29.2 Å². The summed E-state index contributed by atoms with van der Waals surface area (Å²) in [6.07, 6.45) is 1.23. The monoisotopic (exact) mass is 381 g/mol. The van der Waals surface area contributed by atoms with Crippen LogP contribution >= 0.6 is 0 Å². The summed E-state index contributed by atoms with van der Waals surface area (Å²) in [5.41, 5.74) is 1.48. The van der Waals surface area contributed by atoms with E-state index in [0.29, 0.717) is 30.6 Å². The molecule has 2 aromatic carbocycles. The number of benzene rings is 2. The molecular formula is C21H20FN3O3. The fourth-order valence-corrected chi connectivity index (χ4v) is 3.18. The number of halogens is 1. The summed E-state index contributed by atoms with van der Waals surface area (Å²) in [6.45, 7) is 3.15.